The van der Waals surface area contributed by atoms with Crippen molar-refractivity contribution < 1.29 is 9.90 Å². The molecule has 0 aromatic heterocycles. The molecule has 5 heteroatoms. The van der Waals surface area contributed by atoms with Crippen LogP contribution in [0.3, 0.4) is 0 Å². The van der Waals surface area contributed by atoms with Crippen LogP contribution in [0.4, 0.5) is 5.69 Å². The fraction of sp³-hybridized carbons (Fsp3) is 0.412. The summed E-state index contributed by atoms with van der Waals surface area (Å²) in [6.07, 6.45) is 6.24. The molecule has 1 amide bonds. The van der Waals surface area contributed by atoms with Gasteiger partial charge in [0.05, 0.1) is 0 Å². The summed E-state index contributed by atoms with van der Waals surface area (Å²) in [4.78, 5) is 14.3. The molecule has 2 rings (SSSR count). The summed E-state index contributed by atoms with van der Waals surface area (Å²) in [6, 6.07) is 6.68. The van der Waals surface area contributed by atoms with E-state index in [1.54, 1.807) is 25.3 Å². The second-order valence-corrected chi connectivity index (χ2v) is 5.56. The van der Waals surface area contributed by atoms with Crippen molar-refractivity contribution in [1.82, 2.24) is 4.90 Å². The monoisotopic (exact) mass is 299 g/mol. The van der Waals surface area contributed by atoms with E-state index in [4.69, 9.17) is 0 Å². The topological polar surface area (TPSA) is 76.4 Å². The summed E-state index contributed by atoms with van der Waals surface area (Å²) in [5.74, 6) is -0.267. The fourth-order valence-corrected chi connectivity index (χ4v) is 2.52. The Morgan fingerprint density at radius 3 is 2.59 bits per heavy atom. The predicted octanol–water partition coefficient (Wildman–Crippen LogP) is 2.92. The van der Waals surface area contributed by atoms with E-state index in [9.17, 15) is 15.2 Å². The number of hydrogen-bond acceptors (Lipinski definition) is 4. The average Bonchev–Trinajstić information content (AvgIpc) is 2.76. The van der Waals surface area contributed by atoms with Gasteiger partial charge in [-0.3, -0.25) is 4.79 Å². The third-order valence-electron chi connectivity index (χ3n) is 3.78. The van der Waals surface area contributed by atoms with Crippen LogP contribution in [0, 0.1) is 18.3 Å². The maximum absolute atomic E-state index is 12.2. The second kappa shape index (κ2) is 7.51. The van der Waals surface area contributed by atoms with E-state index < -0.39 is 5.91 Å². The van der Waals surface area contributed by atoms with Crippen LogP contribution in [0.5, 0.6) is 5.75 Å². The summed E-state index contributed by atoms with van der Waals surface area (Å²) in [6.45, 7) is 3.56. The second-order valence-electron chi connectivity index (χ2n) is 5.56. The predicted molar refractivity (Wildman–Crippen MR) is 85.2 cm³/mol. The molecule has 1 aliphatic heterocycles. The van der Waals surface area contributed by atoms with Gasteiger partial charge in [0.2, 0.25) is 0 Å². The zero-order chi connectivity index (χ0) is 15.9. The molecule has 1 aliphatic rings. The van der Waals surface area contributed by atoms with Crippen molar-refractivity contribution in [2.24, 2.45) is 0 Å². The number of carbonyl (C=O) groups excluding carboxylic acids is 1. The number of nitriles is 1. The summed E-state index contributed by atoms with van der Waals surface area (Å²) in [5, 5.41) is 21.4. The van der Waals surface area contributed by atoms with Crippen LogP contribution in [0.2, 0.25) is 0 Å². The number of amides is 1. The Morgan fingerprint density at radius 2 is 2.00 bits per heavy atom. The molecule has 5 nitrogen and oxygen atoms in total. The summed E-state index contributed by atoms with van der Waals surface area (Å²) in [5.41, 5.74) is 1.45. The maximum Gasteiger partial charge on any atom is 0.267 e. The number of carbonyl (C=O) groups is 1. The molecule has 0 radical (unpaired) electrons. The van der Waals surface area contributed by atoms with Crippen molar-refractivity contribution in [1.29, 1.82) is 5.26 Å². The van der Waals surface area contributed by atoms with Gasteiger partial charge in [0.25, 0.3) is 5.91 Å². The Labute approximate surface area is 130 Å². The normalized spacial score (nSPS) is 15.8. The zero-order valence-corrected chi connectivity index (χ0v) is 12.8. The quantitative estimate of drug-likeness (QED) is 0.511. The highest BCUT2D eigenvalue weighted by molar-refractivity contribution is 6.06. The van der Waals surface area contributed by atoms with Gasteiger partial charge in [0.1, 0.15) is 17.4 Å². The van der Waals surface area contributed by atoms with Crippen LogP contribution in [-0.4, -0.2) is 29.0 Å². The number of phenolic OH excluding ortho intramolecular Hbond substituents is 1. The van der Waals surface area contributed by atoms with Gasteiger partial charge in [-0.1, -0.05) is 12.8 Å². The Bertz CT molecular complexity index is 609. The maximum atomic E-state index is 12.2. The Morgan fingerprint density at radius 1 is 1.32 bits per heavy atom. The SMILES string of the molecule is Cc1cc(O)ccc1NC(=O)/C(C#N)=C\N1CCCCCC1. The highest BCUT2D eigenvalue weighted by Gasteiger charge is 2.14. The highest BCUT2D eigenvalue weighted by Crippen LogP contribution is 2.20. The van der Waals surface area contributed by atoms with Gasteiger partial charge in [-0.05, 0) is 43.5 Å². The number of benzene rings is 1. The molecule has 0 atom stereocenters. The van der Waals surface area contributed by atoms with Crippen LogP contribution < -0.4 is 5.32 Å². The summed E-state index contributed by atoms with van der Waals surface area (Å²) in [7, 11) is 0. The standard InChI is InChI=1S/C17H21N3O2/c1-13-10-15(21)6-7-16(13)19-17(22)14(11-18)12-20-8-4-2-3-5-9-20/h6-7,10,12,21H,2-5,8-9H2,1H3,(H,19,22)/b14-12-. The molecule has 22 heavy (non-hydrogen) atoms. The lowest BCUT2D eigenvalue weighted by atomic mass is 10.1. The lowest BCUT2D eigenvalue weighted by Crippen LogP contribution is -2.22. The van der Waals surface area contributed by atoms with E-state index in [2.05, 4.69) is 10.2 Å². The van der Waals surface area contributed by atoms with E-state index in [0.29, 0.717) is 5.69 Å². The lowest BCUT2D eigenvalue weighted by molar-refractivity contribution is -0.112. The first-order chi connectivity index (χ1) is 10.6. The average molecular weight is 299 g/mol. The molecule has 1 saturated heterocycles. The molecule has 1 aromatic carbocycles. The van der Waals surface area contributed by atoms with Gasteiger partial charge >= 0.3 is 0 Å². The van der Waals surface area contributed by atoms with E-state index >= 15 is 0 Å². The van der Waals surface area contributed by atoms with Crippen LogP contribution >= 0.6 is 0 Å². The van der Waals surface area contributed by atoms with Crippen molar-refractivity contribution >= 4 is 11.6 Å². The third kappa shape index (κ3) is 4.26. The zero-order valence-electron chi connectivity index (χ0n) is 12.8. The van der Waals surface area contributed by atoms with Crippen LogP contribution in [-0.2, 0) is 4.79 Å². The van der Waals surface area contributed by atoms with Crippen molar-refractivity contribution in [2.75, 3.05) is 18.4 Å². The molecule has 0 unspecified atom stereocenters. The Balaban J connectivity index is 2.09. The first-order valence-corrected chi connectivity index (χ1v) is 7.57. The van der Waals surface area contributed by atoms with Gasteiger partial charge in [0.15, 0.2) is 0 Å². The number of aryl methyl sites for hydroxylation is 1. The minimum absolute atomic E-state index is 0.106. The van der Waals surface area contributed by atoms with Crippen molar-refractivity contribution in [2.45, 2.75) is 32.6 Å². The molecule has 1 aromatic rings. The Hall–Kier alpha value is -2.48. The Kier molecular flexibility index (Phi) is 5.42. The molecule has 2 N–H and O–H groups in total. The van der Waals surface area contributed by atoms with Crippen LogP contribution in [0.15, 0.2) is 30.0 Å². The number of phenols is 1. The first-order valence-electron chi connectivity index (χ1n) is 7.57. The molecular weight excluding hydrogens is 278 g/mol. The number of anilines is 1. The molecular formula is C17H21N3O2. The van der Waals surface area contributed by atoms with E-state index in [1.807, 2.05) is 6.07 Å². The minimum atomic E-state index is -0.416. The van der Waals surface area contributed by atoms with E-state index in [0.717, 1.165) is 31.5 Å². The molecule has 116 valence electrons. The smallest absolute Gasteiger partial charge is 0.267 e. The van der Waals surface area contributed by atoms with Crippen molar-refractivity contribution in [3.05, 3.63) is 35.5 Å². The minimum Gasteiger partial charge on any atom is -0.508 e. The highest BCUT2D eigenvalue weighted by atomic mass is 16.3. The largest absolute Gasteiger partial charge is 0.508 e. The number of likely N-dealkylation sites (tertiary alicyclic amines) is 1. The van der Waals surface area contributed by atoms with E-state index in [-0.39, 0.29) is 11.3 Å². The summed E-state index contributed by atoms with van der Waals surface area (Å²) >= 11 is 0. The first kappa shape index (κ1) is 15.9. The van der Waals surface area contributed by atoms with E-state index in [1.165, 1.54) is 18.9 Å². The molecule has 0 spiro atoms. The van der Waals surface area contributed by atoms with Gasteiger partial charge in [-0.2, -0.15) is 5.26 Å². The number of hydrogen-bond donors (Lipinski definition) is 2. The molecule has 1 fully saturated rings. The number of aromatic hydroxyl groups is 1. The number of nitrogens with zero attached hydrogens (tertiary/aromatic N) is 2. The third-order valence-corrected chi connectivity index (χ3v) is 3.78. The number of rotatable bonds is 3. The van der Waals surface area contributed by atoms with Gasteiger partial charge in [-0.15, -0.1) is 0 Å². The molecule has 0 saturated carbocycles. The van der Waals surface area contributed by atoms with Gasteiger partial charge in [0, 0.05) is 25.0 Å². The van der Waals surface area contributed by atoms with Gasteiger partial charge < -0.3 is 15.3 Å². The lowest BCUT2D eigenvalue weighted by Gasteiger charge is -2.17. The van der Waals surface area contributed by atoms with Crippen molar-refractivity contribution in [3.63, 3.8) is 0 Å². The molecule has 0 bridgehead atoms. The van der Waals surface area contributed by atoms with Gasteiger partial charge in [-0.25, -0.2) is 0 Å². The van der Waals surface area contributed by atoms with Crippen LogP contribution in [0.1, 0.15) is 31.2 Å². The summed E-state index contributed by atoms with van der Waals surface area (Å²) < 4.78 is 0. The number of nitrogens with one attached hydrogen (secondary N) is 1. The molecule has 1 heterocycles. The fourth-order valence-electron chi connectivity index (χ4n) is 2.52. The van der Waals surface area contributed by atoms with Crippen molar-refractivity contribution in [3.8, 4) is 11.8 Å². The molecule has 0 aliphatic carbocycles. The van der Waals surface area contributed by atoms with Crippen LogP contribution in [0.25, 0.3) is 0 Å².